The summed E-state index contributed by atoms with van der Waals surface area (Å²) < 4.78 is 2.19. The lowest BCUT2D eigenvalue weighted by Gasteiger charge is -2.22. The van der Waals surface area contributed by atoms with E-state index in [1.807, 2.05) is 0 Å². The van der Waals surface area contributed by atoms with Crippen molar-refractivity contribution in [3.05, 3.63) is 21.0 Å². The lowest BCUT2D eigenvalue weighted by molar-refractivity contribution is 0.364. The first-order chi connectivity index (χ1) is 10.2. The second-order valence-corrected chi connectivity index (χ2v) is 7.02. The molecule has 0 bridgehead atoms. The molecular weight excluding hydrogens is 332 g/mol. The summed E-state index contributed by atoms with van der Waals surface area (Å²) in [5, 5.41) is 11.1. The van der Waals surface area contributed by atoms with Crippen LogP contribution in [0.3, 0.4) is 0 Å². The molecule has 1 aliphatic heterocycles. The van der Waals surface area contributed by atoms with E-state index in [0.717, 1.165) is 44.2 Å². The predicted octanol–water partition coefficient (Wildman–Crippen LogP) is 2.22. The molecule has 0 spiro atoms. The number of aromatic nitrogens is 2. The maximum absolute atomic E-state index is 12.2. The second-order valence-electron chi connectivity index (χ2n) is 6.23. The summed E-state index contributed by atoms with van der Waals surface area (Å²) in [6, 6.07) is 0. The summed E-state index contributed by atoms with van der Waals surface area (Å²) in [7, 11) is 0. The molecule has 2 aliphatic rings. The largest absolute Gasteiger partial charge is 0.383 e. The van der Waals surface area contributed by atoms with Gasteiger partial charge in [-0.1, -0.05) is 0 Å². The summed E-state index contributed by atoms with van der Waals surface area (Å²) >= 11 is 3.42. The van der Waals surface area contributed by atoms with Gasteiger partial charge in [0.15, 0.2) is 0 Å². The van der Waals surface area contributed by atoms with E-state index in [2.05, 4.69) is 31.7 Å². The molecule has 116 valence electrons. The Morgan fingerprint density at radius 2 is 2.24 bits per heavy atom. The van der Waals surface area contributed by atoms with E-state index in [-0.39, 0.29) is 5.56 Å². The summed E-state index contributed by atoms with van der Waals surface area (Å²) in [6.45, 7) is 3.91. The van der Waals surface area contributed by atoms with Crippen LogP contribution >= 0.6 is 15.9 Å². The number of hydrogen-bond donors (Lipinski definition) is 2. The van der Waals surface area contributed by atoms with Crippen LogP contribution in [0.25, 0.3) is 0 Å². The summed E-state index contributed by atoms with van der Waals surface area (Å²) in [4.78, 5) is 12.2. The van der Waals surface area contributed by atoms with E-state index < -0.39 is 0 Å². The Hall–Kier alpha value is -0.880. The fourth-order valence-electron chi connectivity index (χ4n) is 2.84. The van der Waals surface area contributed by atoms with E-state index in [0.29, 0.717) is 10.4 Å². The maximum atomic E-state index is 12.2. The van der Waals surface area contributed by atoms with Crippen LogP contribution in [0.15, 0.2) is 15.5 Å². The second kappa shape index (κ2) is 6.92. The zero-order chi connectivity index (χ0) is 14.7. The third-order valence-electron chi connectivity index (χ3n) is 4.38. The average molecular weight is 355 g/mol. The zero-order valence-corrected chi connectivity index (χ0v) is 13.9. The van der Waals surface area contributed by atoms with Gasteiger partial charge in [-0.15, -0.1) is 0 Å². The number of rotatable bonds is 6. The van der Waals surface area contributed by atoms with Gasteiger partial charge in [-0.05, 0) is 73.0 Å². The Morgan fingerprint density at radius 1 is 1.38 bits per heavy atom. The Balaban J connectivity index is 1.54. The van der Waals surface area contributed by atoms with E-state index in [1.54, 1.807) is 10.9 Å². The number of nitrogens with zero attached hydrogens (tertiary/aromatic N) is 2. The summed E-state index contributed by atoms with van der Waals surface area (Å²) in [6.07, 6.45) is 7.92. The van der Waals surface area contributed by atoms with Crippen molar-refractivity contribution in [3.63, 3.8) is 0 Å². The molecule has 1 saturated carbocycles. The molecule has 2 fully saturated rings. The van der Waals surface area contributed by atoms with Crippen LogP contribution in [0.4, 0.5) is 5.69 Å². The molecule has 1 aromatic rings. The molecule has 21 heavy (non-hydrogen) atoms. The number of nitrogens with one attached hydrogen (secondary N) is 2. The highest BCUT2D eigenvalue weighted by atomic mass is 79.9. The Bertz CT molecular complexity index is 535. The van der Waals surface area contributed by atoms with Crippen molar-refractivity contribution in [1.82, 2.24) is 15.1 Å². The van der Waals surface area contributed by atoms with E-state index in [1.165, 1.54) is 25.7 Å². The number of piperidine rings is 1. The number of halogens is 1. The minimum absolute atomic E-state index is 0.0220. The molecule has 1 unspecified atom stereocenters. The molecule has 0 aromatic carbocycles. The standard InChI is InChI=1S/C15H23BrN4O/c16-14-13(18-7-5-11-2-1-6-17-8-11)9-19-20(15(14)21)10-12-3-4-12/h9,11-12,17-18H,1-8,10H2. The number of anilines is 1. The lowest BCUT2D eigenvalue weighted by atomic mass is 9.96. The van der Waals surface area contributed by atoms with Gasteiger partial charge in [0.25, 0.3) is 5.56 Å². The monoisotopic (exact) mass is 354 g/mol. The fourth-order valence-corrected chi connectivity index (χ4v) is 3.29. The van der Waals surface area contributed by atoms with Crippen molar-refractivity contribution in [2.75, 3.05) is 25.0 Å². The van der Waals surface area contributed by atoms with Crippen LogP contribution in [0, 0.1) is 11.8 Å². The highest BCUT2D eigenvalue weighted by molar-refractivity contribution is 9.10. The Labute approximate surface area is 133 Å². The van der Waals surface area contributed by atoms with Crippen LogP contribution in [-0.2, 0) is 6.54 Å². The third-order valence-corrected chi connectivity index (χ3v) is 5.15. The molecule has 2 N–H and O–H groups in total. The van der Waals surface area contributed by atoms with E-state index in [4.69, 9.17) is 0 Å². The van der Waals surface area contributed by atoms with Crippen molar-refractivity contribution < 1.29 is 0 Å². The van der Waals surface area contributed by atoms with Gasteiger partial charge in [0.1, 0.15) is 4.47 Å². The molecular formula is C15H23BrN4O. The average Bonchev–Trinajstić information content (AvgIpc) is 3.31. The predicted molar refractivity (Wildman–Crippen MR) is 87.6 cm³/mol. The molecule has 1 aliphatic carbocycles. The van der Waals surface area contributed by atoms with E-state index >= 15 is 0 Å². The van der Waals surface area contributed by atoms with Crippen molar-refractivity contribution in [2.24, 2.45) is 11.8 Å². The molecule has 1 aromatic heterocycles. The van der Waals surface area contributed by atoms with Gasteiger partial charge >= 0.3 is 0 Å². The first-order valence-electron chi connectivity index (χ1n) is 7.94. The van der Waals surface area contributed by atoms with Crippen molar-refractivity contribution >= 4 is 21.6 Å². The summed E-state index contributed by atoms with van der Waals surface area (Å²) in [5.41, 5.74) is 0.794. The van der Waals surface area contributed by atoms with Crippen LogP contribution in [0.2, 0.25) is 0 Å². The molecule has 0 amide bonds. The van der Waals surface area contributed by atoms with Gasteiger partial charge in [0, 0.05) is 13.1 Å². The first-order valence-corrected chi connectivity index (χ1v) is 8.73. The van der Waals surface area contributed by atoms with Gasteiger partial charge in [-0.3, -0.25) is 4.79 Å². The molecule has 3 rings (SSSR count). The van der Waals surface area contributed by atoms with Gasteiger partial charge in [-0.2, -0.15) is 5.10 Å². The van der Waals surface area contributed by atoms with Gasteiger partial charge in [-0.25, -0.2) is 4.68 Å². The van der Waals surface area contributed by atoms with Crippen LogP contribution < -0.4 is 16.2 Å². The van der Waals surface area contributed by atoms with Gasteiger partial charge in [0.2, 0.25) is 0 Å². The van der Waals surface area contributed by atoms with Crippen LogP contribution in [-0.4, -0.2) is 29.4 Å². The van der Waals surface area contributed by atoms with Crippen LogP contribution in [0.1, 0.15) is 32.1 Å². The molecule has 5 nitrogen and oxygen atoms in total. The SMILES string of the molecule is O=c1c(Br)c(NCCC2CCCNC2)cnn1CC1CC1. The quantitative estimate of drug-likeness (QED) is 0.822. The minimum atomic E-state index is -0.0220. The third kappa shape index (κ3) is 4.07. The van der Waals surface area contributed by atoms with Crippen molar-refractivity contribution in [1.29, 1.82) is 0 Å². The molecule has 0 radical (unpaired) electrons. The van der Waals surface area contributed by atoms with E-state index in [9.17, 15) is 4.79 Å². The Morgan fingerprint density at radius 3 is 2.95 bits per heavy atom. The molecule has 6 heteroatoms. The minimum Gasteiger partial charge on any atom is -0.383 e. The highest BCUT2D eigenvalue weighted by Gasteiger charge is 2.23. The van der Waals surface area contributed by atoms with Crippen LogP contribution in [0.5, 0.6) is 0 Å². The number of hydrogen-bond acceptors (Lipinski definition) is 4. The van der Waals surface area contributed by atoms with Gasteiger partial charge in [0.05, 0.1) is 11.9 Å². The molecule has 1 saturated heterocycles. The zero-order valence-electron chi connectivity index (χ0n) is 12.3. The normalized spacial score (nSPS) is 22.2. The van der Waals surface area contributed by atoms with Gasteiger partial charge < -0.3 is 10.6 Å². The smallest absolute Gasteiger partial charge is 0.283 e. The van der Waals surface area contributed by atoms with Crippen molar-refractivity contribution in [2.45, 2.75) is 38.6 Å². The summed E-state index contributed by atoms with van der Waals surface area (Å²) in [5.74, 6) is 1.40. The first kappa shape index (κ1) is 15.0. The lowest BCUT2D eigenvalue weighted by Crippen LogP contribution is -2.31. The fraction of sp³-hybridized carbons (Fsp3) is 0.733. The maximum Gasteiger partial charge on any atom is 0.283 e. The molecule has 1 atom stereocenters. The topological polar surface area (TPSA) is 59.0 Å². The highest BCUT2D eigenvalue weighted by Crippen LogP contribution is 2.30. The molecule has 2 heterocycles. The Kier molecular flexibility index (Phi) is 4.95. The van der Waals surface area contributed by atoms with Crippen molar-refractivity contribution in [3.8, 4) is 0 Å².